The summed E-state index contributed by atoms with van der Waals surface area (Å²) in [5.74, 6) is 0.734. The summed E-state index contributed by atoms with van der Waals surface area (Å²) in [5.41, 5.74) is 0.747. The summed E-state index contributed by atoms with van der Waals surface area (Å²) in [6.45, 7) is 16.2. The van der Waals surface area contributed by atoms with E-state index in [-0.39, 0.29) is 0 Å². The minimum atomic E-state index is 0.306. The Morgan fingerprint density at radius 2 is 1.73 bits per heavy atom. The van der Waals surface area contributed by atoms with Gasteiger partial charge in [-0.1, -0.05) is 32.9 Å². The van der Waals surface area contributed by atoms with Gasteiger partial charge in [-0.25, -0.2) is 0 Å². The van der Waals surface area contributed by atoms with Gasteiger partial charge in [-0.2, -0.15) is 0 Å². The fourth-order valence-corrected chi connectivity index (χ4v) is 2.27. The van der Waals surface area contributed by atoms with Crippen LogP contribution < -0.4 is 0 Å². The van der Waals surface area contributed by atoms with Crippen LogP contribution in [-0.4, -0.2) is 23.5 Å². The highest BCUT2D eigenvalue weighted by Crippen LogP contribution is 2.29. The van der Waals surface area contributed by atoms with Crippen LogP contribution in [0.25, 0.3) is 0 Å². The van der Waals surface area contributed by atoms with Crippen molar-refractivity contribution >= 4 is 0 Å². The molecule has 0 aromatic rings. The van der Waals surface area contributed by atoms with E-state index in [1.54, 1.807) is 0 Å². The Morgan fingerprint density at radius 1 is 1.13 bits per heavy atom. The first-order chi connectivity index (χ1) is 6.68. The lowest BCUT2D eigenvalue weighted by molar-refractivity contribution is 0.118. The zero-order valence-electron chi connectivity index (χ0n) is 11.3. The third kappa shape index (κ3) is 4.38. The maximum absolute atomic E-state index is 2.57. The fraction of sp³-hybridized carbons (Fsp3) is 0.857. The van der Waals surface area contributed by atoms with Gasteiger partial charge in [0.25, 0.3) is 0 Å². The Kier molecular flexibility index (Phi) is 3.65. The molecule has 0 spiro atoms. The van der Waals surface area contributed by atoms with Crippen molar-refractivity contribution in [3.63, 3.8) is 0 Å². The summed E-state index contributed by atoms with van der Waals surface area (Å²) in [5, 5.41) is 0. The van der Waals surface area contributed by atoms with Crippen molar-refractivity contribution in [2.24, 2.45) is 11.3 Å². The zero-order chi connectivity index (χ0) is 11.7. The second-order valence-corrected chi connectivity index (χ2v) is 7.03. The highest BCUT2D eigenvalue weighted by Gasteiger charge is 2.27. The lowest BCUT2D eigenvalue weighted by Gasteiger charge is -2.40. The molecule has 88 valence electrons. The van der Waals surface area contributed by atoms with Gasteiger partial charge in [0.2, 0.25) is 0 Å². The van der Waals surface area contributed by atoms with E-state index >= 15 is 0 Å². The minimum absolute atomic E-state index is 0.306. The van der Waals surface area contributed by atoms with Crippen LogP contribution in [0.4, 0.5) is 0 Å². The molecule has 1 heterocycles. The van der Waals surface area contributed by atoms with Gasteiger partial charge in [0, 0.05) is 18.6 Å². The van der Waals surface area contributed by atoms with Crippen molar-refractivity contribution in [3.05, 3.63) is 12.2 Å². The molecule has 0 aromatic heterocycles. The van der Waals surface area contributed by atoms with E-state index in [2.05, 4.69) is 58.6 Å². The normalized spacial score (nSPS) is 24.5. The van der Waals surface area contributed by atoms with Crippen LogP contribution >= 0.6 is 0 Å². The van der Waals surface area contributed by atoms with Gasteiger partial charge in [0.05, 0.1) is 0 Å². The fourth-order valence-electron chi connectivity index (χ4n) is 2.27. The van der Waals surface area contributed by atoms with Gasteiger partial charge >= 0.3 is 0 Å². The molecule has 0 aromatic carbocycles. The van der Waals surface area contributed by atoms with Crippen LogP contribution in [0.3, 0.4) is 0 Å². The molecule has 0 saturated heterocycles. The molecule has 1 heteroatoms. The van der Waals surface area contributed by atoms with E-state index in [1.165, 1.54) is 13.0 Å². The summed E-state index contributed by atoms with van der Waals surface area (Å²) in [6, 6.07) is 0. The molecule has 1 atom stereocenters. The second-order valence-electron chi connectivity index (χ2n) is 7.03. The topological polar surface area (TPSA) is 3.24 Å². The average Bonchev–Trinajstić information content (AvgIpc) is 1.99. The Hall–Kier alpha value is -0.300. The molecular formula is C14H27N. The quantitative estimate of drug-likeness (QED) is 0.595. The van der Waals surface area contributed by atoms with Crippen LogP contribution in [0.1, 0.15) is 48.0 Å². The molecule has 0 bridgehead atoms. The Balaban J connectivity index is 2.58. The largest absolute Gasteiger partial charge is 0.294 e. The van der Waals surface area contributed by atoms with Gasteiger partial charge in [0.15, 0.2) is 0 Å². The summed E-state index contributed by atoms with van der Waals surface area (Å²) in [6.07, 6.45) is 6.04. The van der Waals surface area contributed by atoms with E-state index in [0.717, 1.165) is 12.5 Å². The van der Waals surface area contributed by atoms with Crippen LogP contribution in [0.5, 0.6) is 0 Å². The van der Waals surface area contributed by atoms with Gasteiger partial charge in [-0.05, 0) is 38.5 Å². The average molecular weight is 209 g/mol. The third-order valence-corrected chi connectivity index (χ3v) is 3.01. The van der Waals surface area contributed by atoms with Gasteiger partial charge in [-0.15, -0.1) is 0 Å². The van der Waals surface area contributed by atoms with Crippen molar-refractivity contribution in [2.75, 3.05) is 13.1 Å². The monoisotopic (exact) mass is 209 g/mol. The number of rotatable bonds is 1. The Labute approximate surface area is 95.5 Å². The van der Waals surface area contributed by atoms with E-state index in [9.17, 15) is 0 Å². The molecule has 1 unspecified atom stereocenters. The van der Waals surface area contributed by atoms with Crippen LogP contribution in [-0.2, 0) is 0 Å². The summed E-state index contributed by atoms with van der Waals surface area (Å²) >= 11 is 0. The van der Waals surface area contributed by atoms with Gasteiger partial charge in [-0.3, -0.25) is 4.90 Å². The van der Waals surface area contributed by atoms with Crippen LogP contribution in [0, 0.1) is 11.3 Å². The van der Waals surface area contributed by atoms with Crippen molar-refractivity contribution in [2.45, 2.75) is 53.5 Å². The molecular weight excluding hydrogens is 182 g/mol. The number of nitrogens with zero attached hydrogens (tertiary/aromatic N) is 1. The van der Waals surface area contributed by atoms with E-state index in [1.807, 2.05) is 0 Å². The van der Waals surface area contributed by atoms with Gasteiger partial charge in [0.1, 0.15) is 0 Å². The summed E-state index contributed by atoms with van der Waals surface area (Å²) < 4.78 is 0. The molecule has 0 saturated carbocycles. The lowest BCUT2D eigenvalue weighted by Crippen LogP contribution is -2.46. The highest BCUT2D eigenvalue weighted by atomic mass is 15.2. The van der Waals surface area contributed by atoms with E-state index in [4.69, 9.17) is 0 Å². The third-order valence-electron chi connectivity index (χ3n) is 3.01. The standard InChI is InChI=1S/C14H27N/c1-13(2,3)10-12-8-7-9-15(11-12)14(4,5)6/h7-8,12H,9-11H2,1-6H3. The second kappa shape index (κ2) is 4.29. The maximum Gasteiger partial charge on any atom is 0.0168 e. The first-order valence-corrected chi connectivity index (χ1v) is 6.10. The molecule has 1 aliphatic rings. The lowest BCUT2D eigenvalue weighted by atomic mass is 9.83. The van der Waals surface area contributed by atoms with Gasteiger partial charge < -0.3 is 0 Å². The van der Waals surface area contributed by atoms with E-state index in [0.29, 0.717) is 11.0 Å². The first kappa shape index (κ1) is 12.8. The first-order valence-electron chi connectivity index (χ1n) is 6.10. The SMILES string of the molecule is CC(C)(C)CC1C=CCN(C(C)(C)C)C1. The Bertz CT molecular complexity index is 227. The molecule has 1 nitrogen and oxygen atoms in total. The molecule has 0 fully saturated rings. The predicted octanol–water partition coefficient (Wildman–Crippen LogP) is 3.71. The molecule has 0 aliphatic carbocycles. The maximum atomic E-state index is 2.57. The minimum Gasteiger partial charge on any atom is -0.294 e. The molecule has 0 radical (unpaired) electrons. The van der Waals surface area contributed by atoms with Crippen LogP contribution in [0.15, 0.2) is 12.2 Å². The highest BCUT2D eigenvalue weighted by molar-refractivity contribution is 5.00. The van der Waals surface area contributed by atoms with Crippen molar-refractivity contribution in [3.8, 4) is 0 Å². The number of hydrogen-bond donors (Lipinski definition) is 0. The predicted molar refractivity (Wildman–Crippen MR) is 68.0 cm³/mol. The molecule has 0 amide bonds. The zero-order valence-corrected chi connectivity index (χ0v) is 11.3. The number of hydrogen-bond acceptors (Lipinski definition) is 1. The molecule has 15 heavy (non-hydrogen) atoms. The summed E-state index contributed by atoms with van der Waals surface area (Å²) in [4.78, 5) is 2.57. The molecule has 0 N–H and O–H groups in total. The summed E-state index contributed by atoms with van der Waals surface area (Å²) in [7, 11) is 0. The van der Waals surface area contributed by atoms with Crippen molar-refractivity contribution in [1.29, 1.82) is 0 Å². The molecule has 1 aliphatic heterocycles. The Morgan fingerprint density at radius 3 is 2.20 bits per heavy atom. The van der Waals surface area contributed by atoms with Crippen LogP contribution in [0.2, 0.25) is 0 Å². The van der Waals surface area contributed by atoms with Crippen molar-refractivity contribution < 1.29 is 0 Å². The molecule has 1 rings (SSSR count). The smallest absolute Gasteiger partial charge is 0.0168 e. The van der Waals surface area contributed by atoms with Crippen molar-refractivity contribution in [1.82, 2.24) is 4.90 Å². The van der Waals surface area contributed by atoms with E-state index < -0.39 is 0 Å².